The van der Waals surface area contributed by atoms with E-state index in [1.54, 1.807) is 6.33 Å². The Labute approximate surface area is 195 Å². The number of anilines is 1. The molecule has 2 aliphatic carbocycles. The Bertz CT molecular complexity index is 1150. The predicted molar refractivity (Wildman–Crippen MR) is 130 cm³/mol. The summed E-state index contributed by atoms with van der Waals surface area (Å²) >= 11 is 0. The molecule has 0 spiro atoms. The Morgan fingerprint density at radius 3 is 2.67 bits per heavy atom. The molecule has 1 N–H and O–H groups in total. The highest BCUT2D eigenvalue weighted by atomic mass is 16.5. The summed E-state index contributed by atoms with van der Waals surface area (Å²) in [5.41, 5.74) is 8.57. The minimum Gasteiger partial charge on any atom is -0.379 e. The summed E-state index contributed by atoms with van der Waals surface area (Å²) in [4.78, 5) is 16.2. The molecule has 170 valence electrons. The van der Waals surface area contributed by atoms with Gasteiger partial charge >= 0.3 is 0 Å². The molecule has 2 aromatic heterocycles. The Kier molecular flexibility index (Phi) is 5.56. The van der Waals surface area contributed by atoms with Crippen molar-refractivity contribution in [2.75, 3.05) is 31.6 Å². The molecule has 3 aliphatic rings. The number of nitrogens with zero attached hydrogens (tertiary/aromatic N) is 4. The van der Waals surface area contributed by atoms with Crippen LogP contribution in [0, 0.1) is 6.92 Å². The van der Waals surface area contributed by atoms with Gasteiger partial charge in [-0.25, -0.2) is 9.97 Å². The second kappa shape index (κ2) is 8.84. The van der Waals surface area contributed by atoms with Gasteiger partial charge in [0.25, 0.3) is 0 Å². The minimum absolute atomic E-state index is 0.468. The van der Waals surface area contributed by atoms with Gasteiger partial charge < -0.3 is 10.1 Å². The molecular formula is C27H31N5O. The van der Waals surface area contributed by atoms with Crippen LogP contribution in [0.5, 0.6) is 0 Å². The van der Waals surface area contributed by atoms with Crippen molar-refractivity contribution < 1.29 is 4.74 Å². The van der Waals surface area contributed by atoms with E-state index in [9.17, 15) is 0 Å². The third-order valence-corrected chi connectivity index (χ3v) is 7.59. The molecule has 0 unspecified atom stereocenters. The van der Waals surface area contributed by atoms with E-state index < -0.39 is 0 Å². The molecule has 1 saturated heterocycles. The molecule has 0 amide bonds. The van der Waals surface area contributed by atoms with Crippen molar-refractivity contribution in [3.8, 4) is 22.3 Å². The van der Waals surface area contributed by atoms with Crippen LogP contribution in [0.1, 0.15) is 42.5 Å². The molecule has 1 aliphatic heterocycles. The van der Waals surface area contributed by atoms with Crippen molar-refractivity contribution in [3.63, 3.8) is 0 Å². The highest BCUT2D eigenvalue weighted by molar-refractivity contribution is 5.87. The zero-order valence-corrected chi connectivity index (χ0v) is 19.3. The molecule has 0 radical (unpaired) electrons. The Morgan fingerprint density at radius 1 is 1.00 bits per heavy atom. The number of aromatic nitrogens is 3. The first-order valence-corrected chi connectivity index (χ1v) is 12.2. The summed E-state index contributed by atoms with van der Waals surface area (Å²) in [5.74, 6) is 0.997. The molecule has 6 heteroatoms. The molecule has 3 aromatic rings. The fraction of sp³-hybridized carbons (Fsp3) is 0.444. The summed E-state index contributed by atoms with van der Waals surface area (Å²) in [6.45, 7) is 6.04. The number of hydrogen-bond acceptors (Lipinski definition) is 6. The van der Waals surface area contributed by atoms with Crippen LogP contribution in [0.3, 0.4) is 0 Å². The average Bonchev–Trinajstić information content (AvgIpc) is 3.24. The molecule has 0 bridgehead atoms. The SMILES string of the molecule is Cc1cnccc1-c1ccc2c(c1)-c1c(ncnc1NC1CCC(N3CCOCC3)CC1)C2. The second-order valence-corrected chi connectivity index (χ2v) is 9.58. The number of rotatable bonds is 4. The van der Waals surface area contributed by atoms with Gasteiger partial charge in [-0.2, -0.15) is 0 Å². The van der Waals surface area contributed by atoms with E-state index in [1.165, 1.54) is 59.1 Å². The highest BCUT2D eigenvalue weighted by Crippen LogP contribution is 2.42. The van der Waals surface area contributed by atoms with Crippen molar-refractivity contribution in [1.82, 2.24) is 19.9 Å². The van der Waals surface area contributed by atoms with Crippen molar-refractivity contribution in [2.45, 2.75) is 51.1 Å². The van der Waals surface area contributed by atoms with Crippen LogP contribution < -0.4 is 5.32 Å². The van der Waals surface area contributed by atoms with Crippen LogP contribution in [0.15, 0.2) is 43.0 Å². The van der Waals surface area contributed by atoms with Crippen molar-refractivity contribution in [1.29, 1.82) is 0 Å². The number of morpholine rings is 1. The van der Waals surface area contributed by atoms with Gasteiger partial charge in [0.15, 0.2) is 0 Å². The Morgan fingerprint density at radius 2 is 1.85 bits per heavy atom. The highest BCUT2D eigenvalue weighted by Gasteiger charge is 2.29. The second-order valence-electron chi connectivity index (χ2n) is 9.58. The first-order valence-electron chi connectivity index (χ1n) is 12.2. The Balaban J connectivity index is 1.23. The lowest BCUT2D eigenvalue weighted by molar-refractivity contribution is 0.00791. The molecule has 0 atom stereocenters. The van der Waals surface area contributed by atoms with Crippen LogP contribution in [-0.2, 0) is 11.2 Å². The van der Waals surface area contributed by atoms with Gasteiger partial charge in [0, 0.05) is 49.6 Å². The number of fused-ring (bicyclic) bond motifs is 3. The van der Waals surface area contributed by atoms with Crippen LogP contribution in [0.2, 0.25) is 0 Å². The van der Waals surface area contributed by atoms with Gasteiger partial charge in [0.1, 0.15) is 12.1 Å². The maximum atomic E-state index is 5.53. The van der Waals surface area contributed by atoms with E-state index in [4.69, 9.17) is 9.72 Å². The molecule has 3 heterocycles. The zero-order valence-electron chi connectivity index (χ0n) is 19.3. The first-order chi connectivity index (χ1) is 16.3. The monoisotopic (exact) mass is 441 g/mol. The average molecular weight is 442 g/mol. The third kappa shape index (κ3) is 4.02. The molecule has 2 fully saturated rings. The lowest BCUT2D eigenvalue weighted by Gasteiger charge is -2.39. The predicted octanol–water partition coefficient (Wildman–Crippen LogP) is 4.47. The molecule has 1 saturated carbocycles. The quantitative estimate of drug-likeness (QED) is 0.504. The fourth-order valence-electron chi connectivity index (χ4n) is 5.78. The smallest absolute Gasteiger partial charge is 0.137 e. The van der Waals surface area contributed by atoms with Crippen molar-refractivity contribution in [2.24, 2.45) is 0 Å². The molecule has 1 aromatic carbocycles. The van der Waals surface area contributed by atoms with Crippen molar-refractivity contribution in [3.05, 3.63) is 59.8 Å². The van der Waals surface area contributed by atoms with Crippen LogP contribution >= 0.6 is 0 Å². The maximum absolute atomic E-state index is 5.53. The van der Waals surface area contributed by atoms with Gasteiger partial charge in [-0.05, 0) is 72.6 Å². The van der Waals surface area contributed by atoms with Crippen molar-refractivity contribution >= 4 is 5.82 Å². The van der Waals surface area contributed by atoms with E-state index in [0.717, 1.165) is 44.2 Å². The fourth-order valence-corrected chi connectivity index (χ4v) is 5.78. The van der Waals surface area contributed by atoms with Crippen LogP contribution in [-0.4, -0.2) is 58.2 Å². The van der Waals surface area contributed by atoms with E-state index in [1.807, 2.05) is 12.4 Å². The topological polar surface area (TPSA) is 63.2 Å². The standard InChI is InChI=1S/C27H31N5O/c1-18-16-28-9-8-23(18)19-2-3-20-15-25-26(24(20)14-19)27(30-17-29-25)31-21-4-6-22(7-5-21)32-10-12-33-13-11-32/h2-3,8-9,14,16-17,21-22H,4-7,10-13,15H2,1H3,(H,29,30,31). The van der Waals surface area contributed by atoms with Gasteiger partial charge in [-0.1, -0.05) is 12.1 Å². The molecule has 6 nitrogen and oxygen atoms in total. The number of pyridine rings is 1. The number of ether oxygens (including phenoxy) is 1. The third-order valence-electron chi connectivity index (χ3n) is 7.59. The van der Waals surface area contributed by atoms with Gasteiger partial charge in [-0.15, -0.1) is 0 Å². The van der Waals surface area contributed by atoms with E-state index >= 15 is 0 Å². The van der Waals surface area contributed by atoms with Crippen LogP contribution in [0.25, 0.3) is 22.3 Å². The first kappa shape index (κ1) is 20.8. The summed E-state index contributed by atoms with van der Waals surface area (Å²) in [5, 5.41) is 3.81. The minimum atomic E-state index is 0.468. The molecular weight excluding hydrogens is 410 g/mol. The molecule has 33 heavy (non-hydrogen) atoms. The summed E-state index contributed by atoms with van der Waals surface area (Å²) in [7, 11) is 0. The lowest BCUT2D eigenvalue weighted by Crippen LogP contribution is -2.46. The number of nitrogens with one attached hydrogen (secondary N) is 1. The summed E-state index contributed by atoms with van der Waals surface area (Å²) in [6.07, 6.45) is 11.3. The summed E-state index contributed by atoms with van der Waals surface area (Å²) < 4.78 is 5.53. The largest absolute Gasteiger partial charge is 0.379 e. The van der Waals surface area contributed by atoms with Crippen LogP contribution in [0.4, 0.5) is 5.82 Å². The lowest BCUT2D eigenvalue weighted by atomic mass is 9.89. The van der Waals surface area contributed by atoms with E-state index in [0.29, 0.717) is 12.1 Å². The van der Waals surface area contributed by atoms with Gasteiger partial charge in [-0.3, -0.25) is 9.88 Å². The number of aryl methyl sites for hydroxylation is 1. The van der Waals surface area contributed by atoms with Gasteiger partial charge in [0.2, 0.25) is 0 Å². The number of hydrogen-bond donors (Lipinski definition) is 1. The molecule has 6 rings (SSSR count). The number of benzene rings is 1. The van der Waals surface area contributed by atoms with Gasteiger partial charge in [0.05, 0.1) is 18.9 Å². The maximum Gasteiger partial charge on any atom is 0.137 e. The summed E-state index contributed by atoms with van der Waals surface area (Å²) in [6, 6.07) is 10.1. The normalized spacial score (nSPS) is 22.6. The zero-order chi connectivity index (χ0) is 22.2. The Hall–Kier alpha value is -2.83. The van der Waals surface area contributed by atoms with E-state index in [2.05, 4.69) is 51.4 Å². The van der Waals surface area contributed by atoms with E-state index in [-0.39, 0.29) is 0 Å².